The van der Waals surface area contributed by atoms with E-state index in [0.717, 1.165) is 37.0 Å². The Morgan fingerprint density at radius 2 is 1.73 bits per heavy atom. The van der Waals surface area contributed by atoms with Crippen LogP contribution in [-0.2, 0) is 14.3 Å². The molecule has 0 N–H and O–H groups in total. The standard InChI is InChI=1S/C24H29FO5/c1-3-5-6-7-23-28-15-18(16-29-23)24(26)30-20-12-13-21(22(25)14-20)17-8-10-19(11-9-17)27-4-2/h8-14,18,23H,3-7,15-16H2,1-2H3. The highest BCUT2D eigenvalue weighted by Gasteiger charge is 2.29. The number of rotatable bonds is 9. The quantitative estimate of drug-likeness (QED) is 0.313. The van der Waals surface area contributed by atoms with E-state index in [-0.39, 0.29) is 25.3 Å². The van der Waals surface area contributed by atoms with Gasteiger partial charge in [0.1, 0.15) is 23.2 Å². The van der Waals surface area contributed by atoms with Crippen LogP contribution in [0.3, 0.4) is 0 Å². The van der Waals surface area contributed by atoms with Crippen molar-refractivity contribution in [3.05, 3.63) is 48.3 Å². The van der Waals surface area contributed by atoms with Crippen LogP contribution in [0.4, 0.5) is 4.39 Å². The fourth-order valence-electron chi connectivity index (χ4n) is 3.30. The number of hydrogen-bond donors (Lipinski definition) is 0. The average Bonchev–Trinajstić information content (AvgIpc) is 2.75. The lowest BCUT2D eigenvalue weighted by molar-refractivity contribution is -0.208. The summed E-state index contributed by atoms with van der Waals surface area (Å²) in [6.07, 6.45) is 3.87. The summed E-state index contributed by atoms with van der Waals surface area (Å²) in [5, 5.41) is 0. The molecule has 0 saturated carbocycles. The number of halogens is 1. The molecule has 1 heterocycles. The molecule has 1 fully saturated rings. The number of ether oxygens (including phenoxy) is 4. The molecule has 0 radical (unpaired) electrons. The van der Waals surface area contributed by atoms with Crippen LogP contribution in [0.5, 0.6) is 11.5 Å². The van der Waals surface area contributed by atoms with Crippen molar-refractivity contribution in [3.63, 3.8) is 0 Å². The molecule has 2 aromatic rings. The lowest BCUT2D eigenvalue weighted by Crippen LogP contribution is -2.38. The molecule has 30 heavy (non-hydrogen) atoms. The molecule has 3 rings (SSSR count). The van der Waals surface area contributed by atoms with Crippen LogP contribution in [0.25, 0.3) is 11.1 Å². The van der Waals surface area contributed by atoms with Gasteiger partial charge in [0.05, 0.1) is 19.8 Å². The van der Waals surface area contributed by atoms with E-state index in [2.05, 4.69) is 6.92 Å². The van der Waals surface area contributed by atoms with Gasteiger partial charge in [0.25, 0.3) is 0 Å². The van der Waals surface area contributed by atoms with Crippen LogP contribution < -0.4 is 9.47 Å². The average molecular weight is 416 g/mol. The fourth-order valence-corrected chi connectivity index (χ4v) is 3.30. The highest BCUT2D eigenvalue weighted by atomic mass is 19.1. The van der Waals surface area contributed by atoms with Crippen LogP contribution >= 0.6 is 0 Å². The largest absolute Gasteiger partial charge is 0.494 e. The Morgan fingerprint density at radius 1 is 1.03 bits per heavy atom. The van der Waals surface area contributed by atoms with Gasteiger partial charge < -0.3 is 18.9 Å². The molecular formula is C24H29FO5. The van der Waals surface area contributed by atoms with Crippen molar-refractivity contribution < 1.29 is 28.1 Å². The fraction of sp³-hybridized carbons (Fsp3) is 0.458. The van der Waals surface area contributed by atoms with Crippen LogP contribution in [0.2, 0.25) is 0 Å². The predicted molar refractivity (Wildman–Crippen MR) is 112 cm³/mol. The second kappa shape index (κ2) is 11.1. The summed E-state index contributed by atoms with van der Waals surface area (Å²) in [6, 6.07) is 11.6. The predicted octanol–water partition coefficient (Wildman–Crippen LogP) is 5.37. The van der Waals surface area contributed by atoms with E-state index in [1.54, 1.807) is 36.4 Å². The van der Waals surface area contributed by atoms with Crippen LogP contribution in [-0.4, -0.2) is 32.1 Å². The molecule has 0 unspecified atom stereocenters. The van der Waals surface area contributed by atoms with E-state index in [1.165, 1.54) is 6.07 Å². The SMILES string of the molecule is CCCCCC1OCC(C(=O)Oc2ccc(-c3ccc(OCC)cc3)c(F)c2)CO1. The summed E-state index contributed by atoms with van der Waals surface area (Å²) < 4.78 is 36.6. The van der Waals surface area contributed by atoms with Gasteiger partial charge in [-0.2, -0.15) is 0 Å². The Balaban J connectivity index is 1.55. The molecule has 1 aliphatic rings. The van der Waals surface area contributed by atoms with Gasteiger partial charge in [0, 0.05) is 11.6 Å². The van der Waals surface area contributed by atoms with Crippen LogP contribution in [0.15, 0.2) is 42.5 Å². The molecule has 0 spiro atoms. The summed E-state index contributed by atoms with van der Waals surface area (Å²) >= 11 is 0. The van der Waals surface area contributed by atoms with Crippen molar-refractivity contribution in [3.8, 4) is 22.6 Å². The summed E-state index contributed by atoms with van der Waals surface area (Å²) in [4.78, 5) is 12.4. The normalized spacial score (nSPS) is 18.8. The Morgan fingerprint density at radius 3 is 2.37 bits per heavy atom. The third-order valence-corrected chi connectivity index (χ3v) is 4.98. The lowest BCUT2D eigenvalue weighted by atomic mass is 10.0. The van der Waals surface area contributed by atoms with Gasteiger partial charge in [-0.25, -0.2) is 4.39 Å². The minimum atomic E-state index is -0.513. The van der Waals surface area contributed by atoms with Crippen molar-refractivity contribution >= 4 is 5.97 Å². The maximum Gasteiger partial charge on any atom is 0.319 e. The maximum absolute atomic E-state index is 14.6. The molecule has 1 aliphatic heterocycles. The van der Waals surface area contributed by atoms with Gasteiger partial charge in [-0.3, -0.25) is 4.79 Å². The van der Waals surface area contributed by atoms with Gasteiger partial charge in [0.15, 0.2) is 6.29 Å². The Kier molecular flexibility index (Phi) is 8.22. The molecule has 0 amide bonds. The number of unbranched alkanes of at least 4 members (excludes halogenated alkanes) is 2. The lowest BCUT2D eigenvalue weighted by Gasteiger charge is -2.28. The number of carbonyl (C=O) groups excluding carboxylic acids is 1. The van der Waals surface area contributed by atoms with Crippen LogP contribution in [0.1, 0.15) is 39.5 Å². The van der Waals surface area contributed by atoms with Gasteiger partial charge >= 0.3 is 5.97 Å². The first-order chi connectivity index (χ1) is 14.6. The first-order valence-electron chi connectivity index (χ1n) is 10.6. The van der Waals surface area contributed by atoms with E-state index in [4.69, 9.17) is 18.9 Å². The second-order valence-electron chi connectivity index (χ2n) is 7.31. The van der Waals surface area contributed by atoms with E-state index in [1.807, 2.05) is 6.92 Å². The molecule has 0 bridgehead atoms. The number of hydrogen-bond acceptors (Lipinski definition) is 5. The first kappa shape index (κ1) is 22.2. The Labute approximate surface area is 177 Å². The zero-order valence-corrected chi connectivity index (χ0v) is 17.6. The van der Waals surface area contributed by atoms with Gasteiger partial charge in [0.2, 0.25) is 0 Å². The minimum absolute atomic E-state index is 0.164. The van der Waals surface area contributed by atoms with Gasteiger partial charge in [-0.05, 0) is 49.6 Å². The number of carbonyl (C=O) groups is 1. The van der Waals surface area contributed by atoms with Crippen molar-refractivity contribution in [2.45, 2.75) is 45.8 Å². The third-order valence-electron chi connectivity index (χ3n) is 4.98. The maximum atomic E-state index is 14.6. The zero-order valence-electron chi connectivity index (χ0n) is 17.6. The summed E-state index contributed by atoms with van der Waals surface area (Å²) in [5.74, 6) is -0.554. The van der Waals surface area contributed by atoms with Gasteiger partial charge in [-0.1, -0.05) is 31.9 Å². The smallest absolute Gasteiger partial charge is 0.319 e. The molecule has 0 atom stereocenters. The first-order valence-corrected chi connectivity index (χ1v) is 10.6. The second-order valence-corrected chi connectivity index (χ2v) is 7.31. The molecule has 162 valence electrons. The molecule has 0 aliphatic carbocycles. The van der Waals surface area contributed by atoms with Crippen LogP contribution in [0, 0.1) is 11.7 Å². The third kappa shape index (κ3) is 6.03. The Bertz CT molecular complexity index is 813. The van der Waals surface area contributed by atoms with E-state index < -0.39 is 17.7 Å². The topological polar surface area (TPSA) is 54.0 Å². The Hall–Kier alpha value is -2.44. The molecule has 2 aromatic carbocycles. The molecule has 5 nitrogen and oxygen atoms in total. The molecular weight excluding hydrogens is 387 g/mol. The van der Waals surface area contributed by atoms with Crippen molar-refractivity contribution in [2.75, 3.05) is 19.8 Å². The summed E-state index contributed by atoms with van der Waals surface area (Å²) in [7, 11) is 0. The highest BCUT2D eigenvalue weighted by molar-refractivity contribution is 5.76. The zero-order chi connectivity index (χ0) is 21.3. The van der Waals surface area contributed by atoms with Crippen molar-refractivity contribution in [1.82, 2.24) is 0 Å². The van der Waals surface area contributed by atoms with E-state index in [0.29, 0.717) is 12.2 Å². The van der Waals surface area contributed by atoms with E-state index in [9.17, 15) is 9.18 Å². The number of benzene rings is 2. The van der Waals surface area contributed by atoms with E-state index >= 15 is 0 Å². The molecule has 1 saturated heterocycles. The minimum Gasteiger partial charge on any atom is -0.494 e. The molecule has 0 aromatic heterocycles. The van der Waals surface area contributed by atoms with Crippen molar-refractivity contribution in [1.29, 1.82) is 0 Å². The highest BCUT2D eigenvalue weighted by Crippen LogP contribution is 2.28. The summed E-state index contributed by atoms with van der Waals surface area (Å²) in [6.45, 7) is 5.13. The summed E-state index contributed by atoms with van der Waals surface area (Å²) in [5.41, 5.74) is 1.15. The molecule has 6 heteroatoms. The van der Waals surface area contributed by atoms with Gasteiger partial charge in [-0.15, -0.1) is 0 Å². The number of esters is 1. The monoisotopic (exact) mass is 416 g/mol. The van der Waals surface area contributed by atoms with Crippen molar-refractivity contribution in [2.24, 2.45) is 5.92 Å².